The van der Waals surface area contributed by atoms with Crippen molar-refractivity contribution in [2.24, 2.45) is 9.36 Å². The molecule has 0 amide bonds. The van der Waals surface area contributed by atoms with Crippen molar-refractivity contribution in [1.82, 2.24) is 4.90 Å². The first kappa shape index (κ1) is 18.6. The smallest absolute Gasteiger partial charge is 0.153 e. The maximum atomic E-state index is 13.9. The van der Waals surface area contributed by atoms with Crippen LogP contribution in [0.15, 0.2) is 67.7 Å². The predicted molar refractivity (Wildman–Crippen MR) is 109 cm³/mol. The summed E-state index contributed by atoms with van der Waals surface area (Å²) >= 11 is 0. The van der Waals surface area contributed by atoms with E-state index in [4.69, 9.17) is 10.7 Å². The highest BCUT2D eigenvalue weighted by molar-refractivity contribution is 7.94. The van der Waals surface area contributed by atoms with Crippen molar-refractivity contribution in [2.75, 3.05) is 25.4 Å². The van der Waals surface area contributed by atoms with E-state index in [1.807, 2.05) is 24.3 Å². The summed E-state index contributed by atoms with van der Waals surface area (Å²) in [5.41, 5.74) is 7.19. The molecule has 6 heteroatoms. The van der Waals surface area contributed by atoms with Crippen molar-refractivity contribution in [1.29, 1.82) is 0 Å². The minimum Gasteiger partial charge on any atom is -0.399 e. The summed E-state index contributed by atoms with van der Waals surface area (Å²) < 4.78 is 18.6. The number of rotatable bonds is 7. The Labute approximate surface area is 156 Å². The van der Waals surface area contributed by atoms with E-state index in [1.165, 1.54) is 0 Å². The van der Waals surface area contributed by atoms with Gasteiger partial charge in [0.15, 0.2) is 5.84 Å². The van der Waals surface area contributed by atoms with E-state index in [1.54, 1.807) is 24.3 Å². The Morgan fingerprint density at radius 1 is 1.00 bits per heavy atom. The summed E-state index contributed by atoms with van der Waals surface area (Å²) in [5, 5.41) is 0. The fourth-order valence-electron chi connectivity index (χ4n) is 3.14. The second kappa shape index (κ2) is 8.01. The number of nitrogen functional groups attached to an aromatic ring is 1. The van der Waals surface area contributed by atoms with Crippen molar-refractivity contribution >= 4 is 26.9 Å². The Balaban J connectivity index is 2.07. The number of hydrogen-bond acceptors (Lipinski definition) is 5. The molecule has 1 atom stereocenters. The molecule has 0 aliphatic carbocycles. The highest BCUT2D eigenvalue weighted by Gasteiger charge is 2.25. The van der Waals surface area contributed by atoms with Crippen LogP contribution < -0.4 is 5.73 Å². The van der Waals surface area contributed by atoms with Gasteiger partial charge in [-0.05, 0) is 62.3 Å². The summed E-state index contributed by atoms with van der Waals surface area (Å²) in [6.07, 6.45) is 2.13. The van der Waals surface area contributed by atoms with Crippen molar-refractivity contribution < 1.29 is 4.21 Å². The molecule has 0 spiro atoms. The largest absolute Gasteiger partial charge is 0.399 e. The molecule has 0 fully saturated rings. The number of amidine groups is 1. The summed E-state index contributed by atoms with van der Waals surface area (Å²) in [6, 6.07) is 14.7. The van der Waals surface area contributed by atoms with E-state index in [0.29, 0.717) is 27.9 Å². The fourth-order valence-corrected chi connectivity index (χ4v) is 5.16. The SMILES string of the molecule is CCCN(CCC)CC1=Nc2ccccc2S(=O)(c2ccc(N)cc2)=N1. The minimum atomic E-state index is -2.76. The number of aliphatic imine (C=N–C) groups is 1. The maximum Gasteiger partial charge on any atom is 0.153 e. The summed E-state index contributed by atoms with van der Waals surface area (Å²) in [7, 11) is -2.76. The lowest BCUT2D eigenvalue weighted by atomic mass is 10.3. The van der Waals surface area contributed by atoms with Crippen molar-refractivity contribution in [3.8, 4) is 0 Å². The highest BCUT2D eigenvalue weighted by Crippen LogP contribution is 2.35. The molecular weight excluding hydrogens is 344 g/mol. The van der Waals surface area contributed by atoms with E-state index in [0.717, 1.165) is 31.6 Å². The number of benzene rings is 2. The van der Waals surface area contributed by atoms with Crippen LogP contribution in [0.3, 0.4) is 0 Å². The number of anilines is 1. The molecule has 2 aromatic rings. The van der Waals surface area contributed by atoms with Gasteiger partial charge in [-0.2, -0.15) is 4.36 Å². The molecule has 1 aliphatic heterocycles. The molecule has 0 saturated carbocycles. The van der Waals surface area contributed by atoms with Gasteiger partial charge in [0.25, 0.3) is 0 Å². The monoisotopic (exact) mass is 370 g/mol. The Morgan fingerprint density at radius 3 is 2.31 bits per heavy atom. The van der Waals surface area contributed by atoms with Crippen molar-refractivity contribution in [3.63, 3.8) is 0 Å². The lowest BCUT2D eigenvalue weighted by molar-refractivity contribution is 0.311. The first-order chi connectivity index (χ1) is 12.6. The number of fused-ring (bicyclic) bond motifs is 1. The molecule has 138 valence electrons. The first-order valence-corrected chi connectivity index (χ1v) is 10.6. The van der Waals surface area contributed by atoms with Crippen LogP contribution in [-0.4, -0.2) is 34.6 Å². The van der Waals surface area contributed by atoms with Crippen LogP contribution in [0.4, 0.5) is 11.4 Å². The molecule has 2 aromatic carbocycles. The Morgan fingerprint density at radius 2 is 1.65 bits per heavy atom. The molecule has 5 nitrogen and oxygen atoms in total. The summed E-state index contributed by atoms with van der Waals surface area (Å²) in [4.78, 5) is 8.35. The normalized spacial score (nSPS) is 19.0. The van der Waals surface area contributed by atoms with Crippen LogP contribution in [0.5, 0.6) is 0 Å². The summed E-state index contributed by atoms with van der Waals surface area (Å²) in [6.45, 7) is 6.90. The second-order valence-electron chi connectivity index (χ2n) is 6.46. The Hall–Kier alpha value is -2.18. The van der Waals surface area contributed by atoms with Crippen LogP contribution in [0.25, 0.3) is 0 Å². The standard InChI is InChI=1S/C20H26N4OS/c1-3-13-24(14-4-2)15-20-22-18-7-5-6-8-19(18)26(25,23-20)17-11-9-16(21)10-12-17/h5-12H,3-4,13-15,21H2,1-2H3. The average molecular weight is 371 g/mol. The van der Waals surface area contributed by atoms with E-state index >= 15 is 0 Å². The van der Waals surface area contributed by atoms with Gasteiger partial charge < -0.3 is 5.73 Å². The molecule has 0 aromatic heterocycles. The number of nitrogens with two attached hydrogens (primary N) is 1. The Bertz CT molecular complexity index is 906. The van der Waals surface area contributed by atoms with Gasteiger partial charge in [0.05, 0.1) is 22.0 Å². The lowest BCUT2D eigenvalue weighted by Crippen LogP contribution is -2.31. The molecule has 0 bridgehead atoms. The molecule has 1 heterocycles. The van der Waals surface area contributed by atoms with Gasteiger partial charge >= 0.3 is 0 Å². The van der Waals surface area contributed by atoms with Gasteiger partial charge in [-0.15, -0.1) is 0 Å². The van der Waals surface area contributed by atoms with Gasteiger partial charge in [-0.1, -0.05) is 26.0 Å². The summed E-state index contributed by atoms with van der Waals surface area (Å²) in [5.74, 6) is 0.632. The average Bonchev–Trinajstić information content (AvgIpc) is 2.63. The van der Waals surface area contributed by atoms with Gasteiger partial charge in [0.1, 0.15) is 9.73 Å². The molecular formula is C20H26N4OS. The fraction of sp³-hybridized carbons (Fsp3) is 0.350. The van der Waals surface area contributed by atoms with E-state index in [9.17, 15) is 4.21 Å². The molecule has 0 saturated heterocycles. The third-order valence-electron chi connectivity index (χ3n) is 4.29. The van der Waals surface area contributed by atoms with Gasteiger partial charge in [-0.25, -0.2) is 9.20 Å². The van der Waals surface area contributed by atoms with Gasteiger partial charge in [0.2, 0.25) is 0 Å². The van der Waals surface area contributed by atoms with E-state index in [-0.39, 0.29) is 0 Å². The van der Waals surface area contributed by atoms with Crippen molar-refractivity contribution in [3.05, 3.63) is 48.5 Å². The minimum absolute atomic E-state index is 0.613. The molecule has 2 N–H and O–H groups in total. The van der Waals surface area contributed by atoms with Crippen LogP contribution in [-0.2, 0) is 9.73 Å². The van der Waals surface area contributed by atoms with Crippen LogP contribution >= 0.6 is 0 Å². The first-order valence-electron chi connectivity index (χ1n) is 9.08. The topological polar surface area (TPSA) is 71.0 Å². The molecule has 1 unspecified atom stereocenters. The third kappa shape index (κ3) is 3.81. The zero-order valence-corrected chi connectivity index (χ0v) is 16.2. The van der Waals surface area contributed by atoms with Crippen LogP contribution in [0.1, 0.15) is 26.7 Å². The molecule has 1 aliphatic rings. The lowest BCUT2D eigenvalue weighted by Gasteiger charge is -2.23. The zero-order chi connectivity index (χ0) is 18.6. The number of nitrogens with zero attached hydrogens (tertiary/aromatic N) is 3. The quantitative estimate of drug-likeness (QED) is 0.738. The predicted octanol–water partition coefficient (Wildman–Crippen LogP) is 4.32. The molecule has 0 radical (unpaired) electrons. The second-order valence-corrected chi connectivity index (χ2v) is 8.60. The zero-order valence-electron chi connectivity index (χ0n) is 15.4. The van der Waals surface area contributed by atoms with Gasteiger partial charge in [-0.3, -0.25) is 4.90 Å². The van der Waals surface area contributed by atoms with Crippen LogP contribution in [0.2, 0.25) is 0 Å². The Kier molecular flexibility index (Phi) is 5.74. The van der Waals surface area contributed by atoms with Crippen LogP contribution in [0, 0.1) is 0 Å². The van der Waals surface area contributed by atoms with Gasteiger partial charge in [0, 0.05) is 5.69 Å². The third-order valence-corrected chi connectivity index (χ3v) is 6.61. The number of hydrogen-bond donors (Lipinski definition) is 1. The molecule has 3 rings (SSSR count). The molecule has 26 heavy (non-hydrogen) atoms. The van der Waals surface area contributed by atoms with E-state index < -0.39 is 9.73 Å². The highest BCUT2D eigenvalue weighted by atomic mass is 32.2. The number of para-hydroxylation sites is 1. The van der Waals surface area contributed by atoms with Crippen molar-refractivity contribution in [2.45, 2.75) is 36.5 Å². The van der Waals surface area contributed by atoms with E-state index in [2.05, 4.69) is 23.1 Å². The maximum absolute atomic E-state index is 13.9.